The van der Waals surface area contributed by atoms with E-state index in [0.29, 0.717) is 13.0 Å². The van der Waals surface area contributed by atoms with Gasteiger partial charge in [-0.1, -0.05) is 29.8 Å². The van der Waals surface area contributed by atoms with E-state index in [1.54, 1.807) is 7.05 Å². The van der Waals surface area contributed by atoms with Gasteiger partial charge in [-0.25, -0.2) is 13.1 Å². The number of anilines is 1. The Hall–Kier alpha value is -1.86. The van der Waals surface area contributed by atoms with Crippen LogP contribution in [0.4, 0.5) is 5.82 Å². The van der Waals surface area contributed by atoms with Crippen LogP contribution in [-0.4, -0.2) is 24.7 Å². The van der Waals surface area contributed by atoms with Crippen molar-refractivity contribution in [2.75, 3.05) is 12.3 Å². The van der Waals surface area contributed by atoms with Crippen LogP contribution in [0.2, 0.25) is 0 Å². The highest BCUT2D eigenvalue weighted by Gasteiger charge is 2.19. The van der Waals surface area contributed by atoms with Crippen molar-refractivity contribution in [1.29, 1.82) is 0 Å². The number of nitrogens with one attached hydrogen (secondary N) is 1. The van der Waals surface area contributed by atoms with Gasteiger partial charge < -0.3 is 5.73 Å². The summed E-state index contributed by atoms with van der Waals surface area (Å²) in [6.45, 7) is 2.32. The monoisotopic (exact) mass is 294 g/mol. The fraction of sp³-hybridized carbons (Fsp3) is 0.308. The Labute approximate surface area is 118 Å². The first-order valence-corrected chi connectivity index (χ1v) is 7.71. The minimum absolute atomic E-state index is 0.00977. The quantitative estimate of drug-likeness (QED) is 0.854. The van der Waals surface area contributed by atoms with E-state index >= 15 is 0 Å². The van der Waals surface area contributed by atoms with Crippen molar-refractivity contribution in [3.63, 3.8) is 0 Å². The van der Waals surface area contributed by atoms with Crippen LogP contribution in [0.5, 0.6) is 0 Å². The highest BCUT2D eigenvalue weighted by molar-refractivity contribution is 7.89. The van der Waals surface area contributed by atoms with E-state index in [1.165, 1.54) is 10.9 Å². The second kappa shape index (κ2) is 5.64. The Morgan fingerprint density at radius 1 is 1.40 bits per heavy atom. The maximum Gasteiger partial charge on any atom is 0.245 e. The molecule has 7 heteroatoms. The van der Waals surface area contributed by atoms with E-state index < -0.39 is 10.0 Å². The fourth-order valence-electron chi connectivity index (χ4n) is 1.97. The van der Waals surface area contributed by atoms with Crippen molar-refractivity contribution in [2.24, 2.45) is 7.05 Å². The molecule has 0 aliphatic rings. The summed E-state index contributed by atoms with van der Waals surface area (Å²) in [4.78, 5) is 0.0178. The smallest absolute Gasteiger partial charge is 0.245 e. The molecule has 0 atom stereocenters. The maximum atomic E-state index is 12.1. The van der Waals surface area contributed by atoms with Gasteiger partial charge >= 0.3 is 0 Å². The topological polar surface area (TPSA) is 90.0 Å². The standard InChI is InChI=1S/C13H18N4O2S/c1-10-4-3-5-11(8-10)6-7-15-20(18,19)12-9-17(2)16-13(12)14/h3-5,8-9,15H,6-7H2,1-2H3,(H2,14,16). The molecule has 6 nitrogen and oxygen atoms in total. The van der Waals surface area contributed by atoms with E-state index in [-0.39, 0.29) is 10.7 Å². The molecule has 108 valence electrons. The van der Waals surface area contributed by atoms with Crippen LogP contribution in [0.15, 0.2) is 35.4 Å². The van der Waals surface area contributed by atoms with Crippen molar-refractivity contribution in [3.05, 3.63) is 41.6 Å². The molecular weight excluding hydrogens is 276 g/mol. The van der Waals surface area contributed by atoms with Crippen molar-refractivity contribution < 1.29 is 8.42 Å². The van der Waals surface area contributed by atoms with E-state index in [2.05, 4.69) is 9.82 Å². The molecule has 2 aromatic rings. The van der Waals surface area contributed by atoms with Gasteiger partial charge in [0.05, 0.1) is 0 Å². The lowest BCUT2D eigenvalue weighted by Gasteiger charge is -2.06. The van der Waals surface area contributed by atoms with Crippen molar-refractivity contribution in [2.45, 2.75) is 18.2 Å². The summed E-state index contributed by atoms with van der Waals surface area (Å²) >= 11 is 0. The van der Waals surface area contributed by atoms with Crippen molar-refractivity contribution in [3.8, 4) is 0 Å². The lowest BCUT2D eigenvalue weighted by Crippen LogP contribution is -2.26. The first-order valence-electron chi connectivity index (χ1n) is 6.23. The van der Waals surface area contributed by atoms with Gasteiger partial charge in [0.15, 0.2) is 5.82 Å². The summed E-state index contributed by atoms with van der Waals surface area (Å²) in [7, 11) is -1.98. The Bertz CT molecular complexity index is 707. The summed E-state index contributed by atoms with van der Waals surface area (Å²) in [5, 5.41) is 3.83. The molecule has 1 aromatic heterocycles. The van der Waals surface area contributed by atoms with Crippen molar-refractivity contribution in [1.82, 2.24) is 14.5 Å². The maximum absolute atomic E-state index is 12.1. The molecule has 0 saturated heterocycles. The first kappa shape index (κ1) is 14.5. The number of rotatable bonds is 5. The third-order valence-electron chi connectivity index (χ3n) is 2.90. The van der Waals surface area contributed by atoms with Crippen LogP contribution in [0, 0.1) is 6.92 Å². The number of hydrogen-bond acceptors (Lipinski definition) is 4. The number of aryl methyl sites for hydroxylation is 2. The Morgan fingerprint density at radius 2 is 2.15 bits per heavy atom. The molecule has 0 aliphatic heterocycles. The van der Waals surface area contributed by atoms with Gasteiger partial charge in [-0.2, -0.15) is 5.10 Å². The molecule has 0 bridgehead atoms. The Morgan fingerprint density at radius 3 is 2.75 bits per heavy atom. The van der Waals surface area contributed by atoms with Crippen LogP contribution in [0.1, 0.15) is 11.1 Å². The van der Waals surface area contributed by atoms with Crippen LogP contribution in [0.25, 0.3) is 0 Å². The van der Waals surface area contributed by atoms with Crippen molar-refractivity contribution >= 4 is 15.8 Å². The Balaban J connectivity index is 2.01. The second-order valence-corrected chi connectivity index (χ2v) is 6.42. The van der Waals surface area contributed by atoms with E-state index in [9.17, 15) is 8.42 Å². The van der Waals surface area contributed by atoms with E-state index in [4.69, 9.17) is 5.73 Å². The number of nitrogens with zero attached hydrogens (tertiary/aromatic N) is 2. The fourth-order valence-corrected chi connectivity index (χ4v) is 3.10. The van der Waals surface area contributed by atoms with Crippen LogP contribution in [-0.2, 0) is 23.5 Å². The summed E-state index contributed by atoms with van der Waals surface area (Å²) < 4.78 is 28.1. The molecule has 2 rings (SSSR count). The third-order valence-corrected chi connectivity index (χ3v) is 4.38. The number of hydrogen-bond donors (Lipinski definition) is 2. The number of nitrogen functional groups attached to an aromatic ring is 1. The summed E-state index contributed by atoms with van der Waals surface area (Å²) in [5.41, 5.74) is 7.82. The average Bonchev–Trinajstić information content (AvgIpc) is 2.69. The molecule has 0 unspecified atom stereocenters. The summed E-state index contributed by atoms with van der Waals surface area (Å²) in [6.07, 6.45) is 2.02. The lowest BCUT2D eigenvalue weighted by atomic mass is 10.1. The normalized spacial score (nSPS) is 11.7. The number of benzene rings is 1. The van der Waals surface area contributed by atoms with Gasteiger partial charge in [0, 0.05) is 19.8 Å². The van der Waals surface area contributed by atoms with Gasteiger partial charge in [-0.3, -0.25) is 4.68 Å². The SMILES string of the molecule is Cc1cccc(CCNS(=O)(=O)c2cn(C)nc2N)c1. The minimum Gasteiger partial charge on any atom is -0.381 e. The highest BCUT2D eigenvalue weighted by Crippen LogP contribution is 2.15. The molecule has 3 N–H and O–H groups in total. The van der Waals surface area contributed by atoms with Gasteiger partial charge in [0.1, 0.15) is 4.90 Å². The first-order chi connectivity index (χ1) is 9.38. The van der Waals surface area contributed by atoms with Crippen LogP contribution < -0.4 is 10.5 Å². The van der Waals surface area contributed by atoms with E-state index in [1.807, 2.05) is 31.2 Å². The zero-order chi connectivity index (χ0) is 14.8. The highest BCUT2D eigenvalue weighted by atomic mass is 32.2. The molecule has 0 spiro atoms. The van der Waals surface area contributed by atoms with Crippen LogP contribution in [0.3, 0.4) is 0 Å². The third kappa shape index (κ3) is 3.37. The molecule has 0 fully saturated rings. The average molecular weight is 294 g/mol. The van der Waals surface area contributed by atoms with Crippen LogP contribution >= 0.6 is 0 Å². The number of nitrogens with two attached hydrogens (primary N) is 1. The predicted molar refractivity (Wildman–Crippen MR) is 77.7 cm³/mol. The molecule has 1 heterocycles. The lowest BCUT2D eigenvalue weighted by molar-refractivity contribution is 0.582. The zero-order valence-electron chi connectivity index (χ0n) is 11.5. The zero-order valence-corrected chi connectivity index (χ0v) is 12.3. The van der Waals surface area contributed by atoms with Gasteiger partial charge in [-0.15, -0.1) is 0 Å². The molecule has 20 heavy (non-hydrogen) atoms. The summed E-state index contributed by atoms with van der Waals surface area (Å²) in [6, 6.07) is 7.97. The largest absolute Gasteiger partial charge is 0.381 e. The predicted octanol–water partition coefficient (Wildman–Crippen LogP) is 0.832. The number of sulfonamides is 1. The molecule has 0 radical (unpaired) electrons. The molecule has 0 amide bonds. The van der Waals surface area contributed by atoms with E-state index in [0.717, 1.165) is 11.1 Å². The molecule has 0 saturated carbocycles. The second-order valence-electron chi connectivity index (χ2n) is 4.69. The minimum atomic E-state index is -3.61. The van der Waals surface area contributed by atoms with Gasteiger partial charge in [0.2, 0.25) is 10.0 Å². The molecular formula is C13H18N4O2S. The van der Waals surface area contributed by atoms with Gasteiger partial charge in [0.25, 0.3) is 0 Å². The summed E-state index contributed by atoms with van der Waals surface area (Å²) in [5.74, 6) is 0.00977. The molecule has 0 aliphatic carbocycles. The number of aromatic nitrogens is 2. The molecule has 1 aromatic carbocycles. The Kier molecular flexibility index (Phi) is 4.10. The van der Waals surface area contributed by atoms with Gasteiger partial charge in [-0.05, 0) is 18.9 Å².